The Labute approximate surface area is 222 Å². The fraction of sp³-hybridized carbons (Fsp3) is 0.455. The molecule has 1 aliphatic carbocycles. The molecular weight excluding hydrogens is 460 g/mol. The highest BCUT2D eigenvalue weighted by molar-refractivity contribution is 5.79. The highest BCUT2D eigenvalue weighted by atomic mass is 16.5. The van der Waals surface area contributed by atoms with Crippen molar-refractivity contribution < 1.29 is 19.7 Å². The molecule has 0 spiro atoms. The van der Waals surface area contributed by atoms with E-state index in [-0.39, 0.29) is 19.8 Å². The van der Waals surface area contributed by atoms with Crippen molar-refractivity contribution in [3.8, 4) is 33.8 Å². The van der Waals surface area contributed by atoms with E-state index >= 15 is 0 Å². The number of benzene rings is 3. The summed E-state index contributed by atoms with van der Waals surface area (Å²) < 4.78 is 11.9. The highest BCUT2D eigenvalue weighted by Crippen LogP contribution is 2.40. The van der Waals surface area contributed by atoms with E-state index in [4.69, 9.17) is 19.7 Å². The predicted octanol–water partition coefficient (Wildman–Crippen LogP) is 7.40. The smallest absolute Gasteiger partial charge is 0.127 e. The van der Waals surface area contributed by atoms with Gasteiger partial charge in [-0.25, -0.2) is 0 Å². The molecule has 2 N–H and O–H groups in total. The Hall–Kier alpha value is -2.82. The number of hydrogen-bond acceptors (Lipinski definition) is 4. The van der Waals surface area contributed by atoms with Crippen LogP contribution in [-0.2, 0) is 6.42 Å². The van der Waals surface area contributed by atoms with E-state index in [1.165, 1.54) is 47.9 Å². The van der Waals surface area contributed by atoms with Gasteiger partial charge < -0.3 is 19.7 Å². The molecule has 0 radical (unpaired) electrons. The summed E-state index contributed by atoms with van der Waals surface area (Å²) in [6.45, 7) is 5.60. The molecule has 4 nitrogen and oxygen atoms in total. The molecule has 4 rings (SSSR count). The molecule has 0 saturated heterocycles. The monoisotopic (exact) mass is 502 g/mol. The fourth-order valence-electron chi connectivity index (χ4n) is 5.40. The Kier molecular flexibility index (Phi) is 10.0. The summed E-state index contributed by atoms with van der Waals surface area (Å²) in [4.78, 5) is 0. The molecule has 1 saturated carbocycles. The van der Waals surface area contributed by atoms with Crippen molar-refractivity contribution in [2.45, 2.75) is 64.7 Å². The van der Waals surface area contributed by atoms with Gasteiger partial charge >= 0.3 is 0 Å². The quantitative estimate of drug-likeness (QED) is 0.253. The molecule has 0 amide bonds. The Morgan fingerprint density at radius 3 is 2.32 bits per heavy atom. The molecule has 0 unspecified atom stereocenters. The predicted molar refractivity (Wildman–Crippen MR) is 151 cm³/mol. The maximum atomic E-state index is 9.16. The lowest BCUT2D eigenvalue weighted by Crippen LogP contribution is -2.11. The summed E-state index contributed by atoms with van der Waals surface area (Å²) in [6.07, 6.45) is 7.78. The number of aryl methyl sites for hydroxylation is 1. The van der Waals surface area contributed by atoms with Gasteiger partial charge in [0.05, 0.1) is 13.2 Å². The molecule has 3 aromatic carbocycles. The zero-order valence-corrected chi connectivity index (χ0v) is 22.4. The maximum Gasteiger partial charge on any atom is 0.127 e. The second-order valence-electron chi connectivity index (χ2n) is 10.3. The van der Waals surface area contributed by atoms with Crippen LogP contribution in [-0.4, -0.2) is 36.6 Å². The zero-order valence-electron chi connectivity index (χ0n) is 22.4. The van der Waals surface area contributed by atoms with Crippen LogP contribution in [0.3, 0.4) is 0 Å². The van der Waals surface area contributed by atoms with E-state index in [1.54, 1.807) is 0 Å². The third-order valence-corrected chi connectivity index (χ3v) is 7.60. The van der Waals surface area contributed by atoms with Crippen molar-refractivity contribution >= 4 is 0 Å². The van der Waals surface area contributed by atoms with Gasteiger partial charge in [-0.1, -0.05) is 63.1 Å². The van der Waals surface area contributed by atoms with E-state index in [0.29, 0.717) is 12.5 Å². The largest absolute Gasteiger partial charge is 0.493 e. The molecule has 198 valence electrons. The van der Waals surface area contributed by atoms with Crippen molar-refractivity contribution in [3.63, 3.8) is 0 Å². The molecule has 4 heteroatoms. The van der Waals surface area contributed by atoms with Crippen LogP contribution in [0.2, 0.25) is 0 Å². The van der Waals surface area contributed by atoms with Gasteiger partial charge in [-0.2, -0.15) is 0 Å². The average molecular weight is 503 g/mol. The Balaban J connectivity index is 1.67. The molecule has 3 aromatic rings. The Bertz CT molecular complexity index is 1130. The van der Waals surface area contributed by atoms with Crippen LogP contribution in [0, 0.1) is 5.92 Å². The minimum Gasteiger partial charge on any atom is -0.493 e. The first-order valence-corrected chi connectivity index (χ1v) is 14.0. The summed E-state index contributed by atoms with van der Waals surface area (Å²) in [5.74, 6) is 3.09. The van der Waals surface area contributed by atoms with Crippen LogP contribution in [0.15, 0.2) is 60.7 Å². The number of rotatable bonds is 12. The molecule has 0 bridgehead atoms. The van der Waals surface area contributed by atoms with Gasteiger partial charge in [0.1, 0.15) is 18.1 Å². The van der Waals surface area contributed by atoms with Gasteiger partial charge in [-0.05, 0) is 96.0 Å². The van der Waals surface area contributed by atoms with E-state index in [1.807, 2.05) is 18.2 Å². The van der Waals surface area contributed by atoms with Crippen LogP contribution in [0.5, 0.6) is 11.5 Å². The van der Waals surface area contributed by atoms with Gasteiger partial charge in [0.15, 0.2) is 0 Å². The number of aliphatic hydroxyl groups is 2. The topological polar surface area (TPSA) is 58.9 Å². The minimum atomic E-state index is -0.0192. The van der Waals surface area contributed by atoms with Gasteiger partial charge in [0.2, 0.25) is 0 Å². The summed E-state index contributed by atoms with van der Waals surface area (Å²) in [7, 11) is 0. The van der Waals surface area contributed by atoms with Crippen molar-refractivity contribution in [3.05, 3.63) is 71.8 Å². The summed E-state index contributed by atoms with van der Waals surface area (Å²) in [5, 5.41) is 18.3. The molecule has 1 fully saturated rings. The lowest BCUT2D eigenvalue weighted by atomic mass is 9.78. The third-order valence-electron chi connectivity index (χ3n) is 7.60. The average Bonchev–Trinajstić information content (AvgIpc) is 2.94. The van der Waals surface area contributed by atoms with Gasteiger partial charge in [0, 0.05) is 12.2 Å². The van der Waals surface area contributed by atoms with E-state index in [9.17, 15) is 0 Å². The molecule has 0 atom stereocenters. The lowest BCUT2D eigenvalue weighted by molar-refractivity contribution is 0.201. The molecule has 0 aromatic heterocycles. The Morgan fingerprint density at radius 2 is 1.57 bits per heavy atom. The third kappa shape index (κ3) is 7.15. The van der Waals surface area contributed by atoms with Gasteiger partial charge in [0.25, 0.3) is 0 Å². The van der Waals surface area contributed by atoms with Crippen LogP contribution in [0.1, 0.15) is 69.4 Å². The van der Waals surface area contributed by atoms with Crippen LogP contribution < -0.4 is 9.47 Å². The molecule has 1 aliphatic rings. The zero-order chi connectivity index (χ0) is 26.0. The number of hydrogen-bond donors (Lipinski definition) is 2. The van der Waals surface area contributed by atoms with Crippen molar-refractivity contribution in [1.82, 2.24) is 0 Å². The van der Waals surface area contributed by atoms with E-state index in [0.717, 1.165) is 47.8 Å². The fourth-order valence-corrected chi connectivity index (χ4v) is 5.40. The number of aliphatic hydroxyl groups excluding tert-OH is 2. The molecule has 37 heavy (non-hydrogen) atoms. The molecule has 0 aliphatic heterocycles. The number of ether oxygens (including phenoxy) is 2. The summed E-state index contributed by atoms with van der Waals surface area (Å²) >= 11 is 0. The van der Waals surface area contributed by atoms with Crippen molar-refractivity contribution in [2.75, 3.05) is 26.4 Å². The van der Waals surface area contributed by atoms with Crippen LogP contribution in [0.4, 0.5) is 0 Å². The molecular formula is C33H42O4. The summed E-state index contributed by atoms with van der Waals surface area (Å²) in [5.41, 5.74) is 7.36. The minimum absolute atomic E-state index is 0.0192. The first-order chi connectivity index (χ1) is 18.1. The highest BCUT2D eigenvalue weighted by Gasteiger charge is 2.21. The van der Waals surface area contributed by atoms with Crippen LogP contribution in [0.25, 0.3) is 22.3 Å². The second-order valence-corrected chi connectivity index (χ2v) is 10.3. The second kappa shape index (κ2) is 13.6. The maximum absolute atomic E-state index is 9.16. The van der Waals surface area contributed by atoms with Gasteiger partial charge in [-0.3, -0.25) is 0 Å². The van der Waals surface area contributed by atoms with E-state index in [2.05, 4.69) is 56.3 Å². The Morgan fingerprint density at radius 1 is 0.757 bits per heavy atom. The van der Waals surface area contributed by atoms with Crippen molar-refractivity contribution in [1.29, 1.82) is 0 Å². The SMILES string of the molecule is CCc1cc(C2CCC(C)CC2)ccc1-c1ccc(OCCCCO)c(-c2cccc(OCCO)c2)c1. The van der Waals surface area contributed by atoms with Crippen molar-refractivity contribution in [2.24, 2.45) is 5.92 Å². The van der Waals surface area contributed by atoms with E-state index < -0.39 is 0 Å². The van der Waals surface area contributed by atoms with Crippen LogP contribution >= 0.6 is 0 Å². The van der Waals surface area contributed by atoms with Gasteiger partial charge in [-0.15, -0.1) is 0 Å². The first-order valence-electron chi connectivity index (χ1n) is 14.0. The normalized spacial score (nSPS) is 17.5. The standard InChI is InChI=1S/C33H42O4/c1-3-25-21-27(26-11-9-24(2)10-12-26)13-15-31(25)29-14-16-33(37-19-5-4-17-34)32(23-29)28-7-6-8-30(22-28)36-20-18-35/h6-8,13-16,21-24,26,34-35H,3-5,9-12,17-20H2,1-2H3. The summed E-state index contributed by atoms with van der Waals surface area (Å²) in [6, 6.07) is 21.5. The number of unbranched alkanes of at least 4 members (excludes halogenated alkanes) is 1. The molecule has 0 heterocycles. The first kappa shape index (κ1) is 27.2. The lowest BCUT2D eigenvalue weighted by Gasteiger charge is -2.27.